The van der Waals surface area contributed by atoms with Crippen molar-refractivity contribution in [3.63, 3.8) is 0 Å². The average molecular weight is 194 g/mol. The Morgan fingerprint density at radius 2 is 2.50 bits per heavy atom. The van der Waals surface area contributed by atoms with Crippen LogP contribution in [-0.2, 0) is 6.54 Å². The Balaban J connectivity index is 1.86. The van der Waals surface area contributed by atoms with Gasteiger partial charge in [-0.25, -0.2) is 10.8 Å². The van der Waals surface area contributed by atoms with Gasteiger partial charge in [-0.2, -0.15) is 0 Å². The molecule has 1 aromatic rings. The lowest BCUT2D eigenvalue weighted by atomic mass is 10.4. The quantitative estimate of drug-likeness (QED) is 0.281. The first kappa shape index (κ1) is 9.08. The van der Waals surface area contributed by atoms with E-state index in [2.05, 4.69) is 15.7 Å². The van der Waals surface area contributed by atoms with Gasteiger partial charge in [-0.3, -0.25) is 5.43 Å². The van der Waals surface area contributed by atoms with E-state index in [9.17, 15) is 0 Å². The number of rotatable bonds is 3. The SMILES string of the molecule is NNC(=NCc1ccco1)NC1CC1. The molecule has 0 aromatic carbocycles. The lowest BCUT2D eigenvalue weighted by Crippen LogP contribution is -2.42. The van der Waals surface area contributed by atoms with Crippen molar-refractivity contribution in [1.29, 1.82) is 0 Å². The molecule has 0 atom stereocenters. The van der Waals surface area contributed by atoms with E-state index in [1.807, 2.05) is 12.1 Å². The van der Waals surface area contributed by atoms with Gasteiger partial charge < -0.3 is 9.73 Å². The Morgan fingerprint density at radius 1 is 1.64 bits per heavy atom. The highest BCUT2D eigenvalue weighted by molar-refractivity contribution is 5.79. The average Bonchev–Trinajstić information content (AvgIpc) is 2.86. The molecule has 76 valence electrons. The van der Waals surface area contributed by atoms with Crippen LogP contribution in [0.3, 0.4) is 0 Å². The second kappa shape index (κ2) is 4.15. The summed E-state index contributed by atoms with van der Waals surface area (Å²) in [5.41, 5.74) is 2.53. The second-order valence-corrected chi connectivity index (χ2v) is 3.31. The van der Waals surface area contributed by atoms with E-state index in [1.54, 1.807) is 6.26 Å². The van der Waals surface area contributed by atoms with Crippen LogP contribution in [0.15, 0.2) is 27.8 Å². The topological polar surface area (TPSA) is 75.6 Å². The Morgan fingerprint density at radius 3 is 3.07 bits per heavy atom. The summed E-state index contributed by atoms with van der Waals surface area (Å²) in [4.78, 5) is 4.24. The monoisotopic (exact) mass is 194 g/mol. The molecule has 0 radical (unpaired) electrons. The van der Waals surface area contributed by atoms with Gasteiger partial charge in [-0.1, -0.05) is 0 Å². The van der Waals surface area contributed by atoms with Crippen molar-refractivity contribution in [1.82, 2.24) is 10.7 Å². The molecule has 5 nitrogen and oxygen atoms in total. The third-order valence-corrected chi connectivity index (χ3v) is 2.03. The van der Waals surface area contributed by atoms with Gasteiger partial charge in [0.05, 0.1) is 6.26 Å². The molecule has 14 heavy (non-hydrogen) atoms. The first-order valence-electron chi connectivity index (χ1n) is 4.68. The molecule has 0 amide bonds. The van der Waals surface area contributed by atoms with Crippen molar-refractivity contribution in [2.45, 2.75) is 25.4 Å². The molecule has 1 fully saturated rings. The summed E-state index contributed by atoms with van der Waals surface area (Å²) in [6, 6.07) is 4.27. The molecule has 1 aliphatic carbocycles. The summed E-state index contributed by atoms with van der Waals surface area (Å²) in [5, 5.41) is 3.18. The molecule has 1 aromatic heterocycles. The van der Waals surface area contributed by atoms with Crippen LogP contribution >= 0.6 is 0 Å². The summed E-state index contributed by atoms with van der Waals surface area (Å²) in [7, 11) is 0. The van der Waals surface area contributed by atoms with Crippen molar-refractivity contribution in [2.24, 2.45) is 10.8 Å². The third-order valence-electron chi connectivity index (χ3n) is 2.03. The number of hydrogen-bond donors (Lipinski definition) is 3. The van der Waals surface area contributed by atoms with Gasteiger partial charge in [0.1, 0.15) is 12.3 Å². The molecule has 0 spiro atoms. The van der Waals surface area contributed by atoms with Gasteiger partial charge in [0, 0.05) is 6.04 Å². The third kappa shape index (κ3) is 2.50. The maximum atomic E-state index is 5.31. The van der Waals surface area contributed by atoms with Crippen LogP contribution in [-0.4, -0.2) is 12.0 Å². The minimum atomic E-state index is 0.506. The molecular weight excluding hydrogens is 180 g/mol. The van der Waals surface area contributed by atoms with E-state index in [0.29, 0.717) is 18.5 Å². The van der Waals surface area contributed by atoms with Gasteiger partial charge in [-0.15, -0.1) is 0 Å². The zero-order valence-electron chi connectivity index (χ0n) is 7.86. The highest BCUT2D eigenvalue weighted by Crippen LogP contribution is 2.18. The number of furan rings is 1. The van der Waals surface area contributed by atoms with E-state index in [0.717, 1.165) is 5.76 Å². The Bertz CT molecular complexity index is 303. The van der Waals surface area contributed by atoms with Crippen molar-refractivity contribution in [2.75, 3.05) is 0 Å². The van der Waals surface area contributed by atoms with Crippen molar-refractivity contribution in [3.8, 4) is 0 Å². The minimum absolute atomic E-state index is 0.506. The smallest absolute Gasteiger partial charge is 0.206 e. The van der Waals surface area contributed by atoms with Crippen molar-refractivity contribution >= 4 is 5.96 Å². The predicted octanol–water partition coefficient (Wildman–Crippen LogP) is 0.351. The van der Waals surface area contributed by atoms with Gasteiger partial charge in [0.2, 0.25) is 5.96 Å². The Hall–Kier alpha value is -1.49. The number of hydrogen-bond acceptors (Lipinski definition) is 3. The lowest BCUT2D eigenvalue weighted by Gasteiger charge is -2.06. The molecule has 1 heterocycles. The van der Waals surface area contributed by atoms with Gasteiger partial charge in [0.15, 0.2) is 0 Å². The molecule has 1 saturated carbocycles. The summed E-state index contributed by atoms with van der Waals surface area (Å²) in [6.07, 6.45) is 4.03. The van der Waals surface area contributed by atoms with Crippen molar-refractivity contribution in [3.05, 3.63) is 24.2 Å². The van der Waals surface area contributed by atoms with E-state index >= 15 is 0 Å². The second-order valence-electron chi connectivity index (χ2n) is 3.31. The van der Waals surface area contributed by atoms with Crippen LogP contribution < -0.4 is 16.6 Å². The molecule has 2 rings (SSSR count). The van der Waals surface area contributed by atoms with Crippen LogP contribution in [0.2, 0.25) is 0 Å². The molecule has 4 N–H and O–H groups in total. The number of guanidine groups is 1. The lowest BCUT2D eigenvalue weighted by molar-refractivity contribution is 0.512. The summed E-state index contributed by atoms with van der Waals surface area (Å²) in [5.74, 6) is 6.77. The van der Waals surface area contributed by atoms with Crippen LogP contribution in [0.1, 0.15) is 18.6 Å². The Labute approximate surface area is 82.3 Å². The molecule has 0 saturated heterocycles. The standard InChI is InChI=1S/C9H14N4O/c10-13-9(12-7-3-4-7)11-6-8-2-1-5-14-8/h1-2,5,7H,3-4,6,10H2,(H2,11,12,13). The van der Waals surface area contributed by atoms with E-state index < -0.39 is 0 Å². The largest absolute Gasteiger partial charge is 0.467 e. The zero-order chi connectivity index (χ0) is 9.80. The fourth-order valence-electron chi connectivity index (χ4n) is 1.11. The molecule has 0 unspecified atom stereocenters. The molecular formula is C9H14N4O. The van der Waals surface area contributed by atoms with E-state index in [1.165, 1.54) is 12.8 Å². The molecule has 5 heteroatoms. The molecule has 1 aliphatic rings. The number of nitrogens with zero attached hydrogens (tertiary/aromatic N) is 1. The maximum absolute atomic E-state index is 5.31. The van der Waals surface area contributed by atoms with Gasteiger partial charge in [-0.05, 0) is 25.0 Å². The predicted molar refractivity (Wildman–Crippen MR) is 53.3 cm³/mol. The summed E-state index contributed by atoms with van der Waals surface area (Å²) >= 11 is 0. The number of aliphatic imine (C=N–C) groups is 1. The Kier molecular flexibility index (Phi) is 2.69. The van der Waals surface area contributed by atoms with E-state index in [-0.39, 0.29) is 0 Å². The van der Waals surface area contributed by atoms with Crippen LogP contribution in [0.4, 0.5) is 0 Å². The zero-order valence-corrected chi connectivity index (χ0v) is 7.86. The minimum Gasteiger partial charge on any atom is -0.467 e. The maximum Gasteiger partial charge on any atom is 0.206 e. The van der Waals surface area contributed by atoms with Crippen molar-refractivity contribution < 1.29 is 4.42 Å². The van der Waals surface area contributed by atoms with E-state index in [4.69, 9.17) is 10.3 Å². The van der Waals surface area contributed by atoms with Crippen LogP contribution in [0.5, 0.6) is 0 Å². The highest BCUT2D eigenvalue weighted by atomic mass is 16.3. The summed E-state index contributed by atoms with van der Waals surface area (Å²) in [6.45, 7) is 0.506. The normalized spacial score (nSPS) is 16.8. The van der Waals surface area contributed by atoms with Crippen LogP contribution in [0.25, 0.3) is 0 Å². The number of nitrogens with two attached hydrogens (primary N) is 1. The highest BCUT2D eigenvalue weighted by Gasteiger charge is 2.21. The fraction of sp³-hybridized carbons (Fsp3) is 0.444. The summed E-state index contributed by atoms with van der Waals surface area (Å²) < 4.78 is 5.15. The molecule has 0 aliphatic heterocycles. The van der Waals surface area contributed by atoms with Crippen LogP contribution in [0, 0.1) is 0 Å². The number of nitrogens with one attached hydrogen (secondary N) is 2. The first-order chi connectivity index (χ1) is 6.88. The first-order valence-corrected chi connectivity index (χ1v) is 4.68. The fourth-order valence-corrected chi connectivity index (χ4v) is 1.11. The van der Waals surface area contributed by atoms with Gasteiger partial charge in [0.25, 0.3) is 0 Å². The molecule has 0 bridgehead atoms. The number of hydrazine groups is 1. The van der Waals surface area contributed by atoms with Gasteiger partial charge >= 0.3 is 0 Å².